The van der Waals surface area contributed by atoms with Gasteiger partial charge in [0.05, 0.1) is 11.3 Å². The standard InChI is InChI=1S/C15H13NO4/c1-10-7-8-13(12(9-10)14(17)18)16-15(19)20-11-5-3-2-4-6-11/h2-9H,1H3,(H,16,19)(H,17,18). The van der Waals surface area contributed by atoms with Crippen LogP contribution in [-0.4, -0.2) is 17.2 Å². The molecule has 0 heterocycles. The molecule has 2 aromatic rings. The number of aromatic carboxylic acids is 1. The lowest BCUT2D eigenvalue weighted by Crippen LogP contribution is -2.18. The van der Waals surface area contributed by atoms with Crippen LogP contribution < -0.4 is 10.1 Å². The topological polar surface area (TPSA) is 75.6 Å². The third kappa shape index (κ3) is 3.35. The van der Waals surface area contributed by atoms with E-state index in [0.717, 1.165) is 5.56 Å². The summed E-state index contributed by atoms with van der Waals surface area (Å²) in [4.78, 5) is 22.8. The molecular formula is C15H13NO4. The number of amides is 1. The number of hydrogen-bond acceptors (Lipinski definition) is 3. The molecule has 0 spiro atoms. The summed E-state index contributed by atoms with van der Waals surface area (Å²) in [6.07, 6.45) is -0.734. The molecular weight excluding hydrogens is 258 g/mol. The van der Waals surface area contributed by atoms with Crippen LogP contribution >= 0.6 is 0 Å². The highest BCUT2D eigenvalue weighted by Crippen LogP contribution is 2.18. The highest BCUT2D eigenvalue weighted by atomic mass is 16.6. The Morgan fingerprint density at radius 2 is 1.80 bits per heavy atom. The fourth-order valence-corrected chi connectivity index (χ4v) is 1.68. The molecule has 20 heavy (non-hydrogen) atoms. The van der Waals surface area contributed by atoms with Crippen molar-refractivity contribution in [3.05, 3.63) is 59.7 Å². The molecule has 0 saturated carbocycles. The first-order chi connectivity index (χ1) is 9.56. The molecule has 2 N–H and O–H groups in total. The van der Waals surface area contributed by atoms with Crippen LogP contribution in [0.3, 0.4) is 0 Å². The Morgan fingerprint density at radius 3 is 2.45 bits per heavy atom. The van der Waals surface area contributed by atoms with Gasteiger partial charge < -0.3 is 9.84 Å². The van der Waals surface area contributed by atoms with Crippen LogP contribution in [-0.2, 0) is 0 Å². The van der Waals surface area contributed by atoms with E-state index in [0.29, 0.717) is 5.75 Å². The summed E-state index contributed by atoms with van der Waals surface area (Å²) in [5.74, 6) is -0.724. The van der Waals surface area contributed by atoms with Crippen molar-refractivity contribution in [2.75, 3.05) is 5.32 Å². The SMILES string of the molecule is Cc1ccc(NC(=O)Oc2ccccc2)c(C(=O)O)c1. The van der Waals surface area contributed by atoms with Crippen LogP contribution in [0.2, 0.25) is 0 Å². The first-order valence-corrected chi connectivity index (χ1v) is 5.94. The zero-order chi connectivity index (χ0) is 14.5. The second kappa shape index (κ2) is 5.88. The number of benzene rings is 2. The summed E-state index contributed by atoms with van der Waals surface area (Å²) in [6, 6.07) is 13.3. The quantitative estimate of drug-likeness (QED) is 0.898. The number of carbonyl (C=O) groups excluding carboxylic acids is 1. The molecule has 0 unspecified atom stereocenters. The Balaban J connectivity index is 2.14. The van der Waals surface area contributed by atoms with E-state index in [2.05, 4.69) is 5.32 Å². The van der Waals surface area contributed by atoms with E-state index in [1.54, 1.807) is 43.3 Å². The lowest BCUT2D eigenvalue weighted by molar-refractivity contribution is 0.0698. The van der Waals surface area contributed by atoms with Gasteiger partial charge >= 0.3 is 12.1 Å². The number of ether oxygens (including phenoxy) is 1. The largest absolute Gasteiger partial charge is 0.478 e. The maximum atomic E-state index is 11.7. The minimum atomic E-state index is -1.11. The first kappa shape index (κ1) is 13.6. The minimum Gasteiger partial charge on any atom is -0.478 e. The van der Waals surface area contributed by atoms with Gasteiger partial charge in [-0.25, -0.2) is 9.59 Å². The molecule has 0 bridgehead atoms. The maximum absolute atomic E-state index is 11.7. The number of carboxylic acids is 1. The predicted molar refractivity (Wildman–Crippen MR) is 74.2 cm³/mol. The van der Waals surface area contributed by atoms with Crippen molar-refractivity contribution < 1.29 is 19.4 Å². The van der Waals surface area contributed by atoms with Gasteiger partial charge in [-0.3, -0.25) is 5.32 Å². The summed E-state index contributed by atoms with van der Waals surface area (Å²) in [5, 5.41) is 11.5. The molecule has 102 valence electrons. The van der Waals surface area contributed by atoms with Gasteiger partial charge in [-0.1, -0.05) is 29.8 Å². The highest BCUT2D eigenvalue weighted by Gasteiger charge is 2.13. The Morgan fingerprint density at radius 1 is 1.10 bits per heavy atom. The summed E-state index contributed by atoms with van der Waals surface area (Å²) in [7, 11) is 0. The van der Waals surface area contributed by atoms with E-state index in [9.17, 15) is 9.59 Å². The highest BCUT2D eigenvalue weighted by molar-refractivity contribution is 5.99. The maximum Gasteiger partial charge on any atom is 0.417 e. The van der Waals surface area contributed by atoms with E-state index >= 15 is 0 Å². The summed E-state index contributed by atoms with van der Waals surface area (Å²) >= 11 is 0. The number of rotatable bonds is 3. The predicted octanol–water partition coefficient (Wildman–Crippen LogP) is 3.30. The normalized spacial score (nSPS) is 9.85. The second-order valence-electron chi connectivity index (χ2n) is 4.18. The van der Waals surface area contributed by atoms with Crippen molar-refractivity contribution >= 4 is 17.7 Å². The molecule has 0 fully saturated rings. The van der Waals surface area contributed by atoms with Crippen molar-refractivity contribution in [3.63, 3.8) is 0 Å². The van der Waals surface area contributed by atoms with Gasteiger partial charge in [0.2, 0.25) is 0 Å². The third-order valence-electron chi connectivity index (χ3n) is 2.60. The molecule has 0 aliphatic carbocycles. The number of nitrogens with one attached hydrogen (secondary N) is 1. The van der Waals surface area contributed by atoms with Crippen molar-refractivity contribution in [1.29, 1.82) is 0 Å². The van der Waals surface area contributed by atoms with Crippen molar-refractivity contribution in [2.45, 2.75) is 6.92 Å². The summed E-state index contributed by atoms with van der Waals surface area (Å²) < 4.78 is 5.04. The molecule has 2 aromatic carbocycles. The molecule has 5 heteroatoms. The molecule has 0 atom stereocenters. The number of hydrogen-bond donors (Lipinski definition) is 2. The molecule has 5 nitrogen and oxygen atoms in total. The fraction of sp³-hybridized carbons (Fsp3) is 0.0667. The molecule has 0 saturated heterocycles. The van der Waals surface area contributed by atoms with Crippen LogP contribution in [0.25, 0.3) is 0 Å². The van der Waals surface area contributed by atoms with Gasteiger partial charge in [0, 0.05) is 0 Å². The Bertz CT molecular complexity index is 638. The lowest BCUT2D eigenvalue weighted by atomic mass is 10.1. The number of aryl methyl sites for hydroxylation is 1. The summed E-state index contributed by atoms with van der Waals surface area (Å²) in [6.45, 7) is 1.78. The van der Waals surface area contributed by atoms with Gasteiger partial charge in [0.15, 0.2) is 0 Å². The van der Waals surface area contributed by atoms with Gasteiger partial charge in [-0.05, 0) is 31.2 Å². The molecule has 0 aliphatic heterocycles. The van der Waals surface area contributed by atoms with Gasteiger partial charge in [-0.15, -0.1) is 0 Å². The van der Waals surface area contributed by atoms with E-state index in [1.165, 1.54) is 12.1 Å². The van der Waals surface area contributed by atoms with Crippen LogP contribution in [0, 0.1) is 6.92 Å². The lowest BCUT2D eigenvalue weighted by Gasteiger charge is -2.09. The second-order valence-corrected chi connectivity index (χ2v) is 4.18. The van der Waals surface area contributed by atoms with Gasteiger partial charge in [0.25, 0.3) is 0 Å². The van der Waals surface area contributed by atoms with Crippen LogP contribution in [0.5, 0.6) is 5.75 Å². The van der Waals surface area contributed by atoms with Crippen molar-refractivity contribution in [1.82, 2.24) is 0 Å². The molecule has 2 rings (SSSR count). The number of carbonyl (C=O) groups is 2. The van der Waals surface area contributed by atoms with E-state index in [1.807, 2.05) is 0 Å². The van der Waals surface area contributed by atoms with Gasteiger partial charge in [-0.2, -0.15) is 0 Å². The van der Waals surface area contributed by atoms with Gasteiger partial charge in [0.1, 0.15) is 5.75 Å². The van der Waals surface area contributed by atoms with Crippen LogP contribution in [0.4, 0.5) is 10.5 Å². The smallest absolute Gasteiger partial charge is 0.417 e. The molecule has 0 aromatic heterocycles. The number of carboxylic acid groups (broad SMARTS) is 1. The zero-order valence-corrected chi connectivity index (χ0v) is 10.8. The Labute approximate surface area is 115 Å². The Hall–Kier alpha value is -2.82. The Kier molecular flexibility index (Phi) is 4.00. The van der Waals surface area contributed by atoms with E-state index in [4.69, 9.17) is 9.84 Å². The third-order valence-corrected chi connectivity index (χ3v) is 2.60. The van der Waals surface area contributed by atoms with Crippen molar-refractivity contribution in [2.24, 2.45) is 0 Å². The van der Waals surface area contributed by atoms with E-state index < -0.39 is 12.1 Å². The first-order valence-electron chi connectivity index (χ1n) is 5.94. The summed E-state index contributed by atoms with van der Waals surface area (Å²) in [5.41, 5.74) is 1.02. The number of anilines is 1. The zero-order valence-electron chi connectivity index (χ0n) is 10.8. The average molecular weight is 271 g/mol. The average Bonchev–Trinajstić information content (AvgIpc) is 2.41. The van der Waals surface area contributed by atoms with Crippen LogP contribution in [0.15, 0.2) is 48.5 Å². The molecule has 1 amide bonds. The molecule has 0 aliphatic rings. The monoisotopic (exact) mass is 271 g/mol. The fourth-order valence-electron chi connectivity index (χ4n) is 1.68. The number of para-hydroxylation sites is 1. The van der Waals surface area contributed by atoms with E-state index in [-0.39, 0.29) is 11.3 Å². The van der Waals surface area contributed by atoms with Crippen molar-refractivity contribution in [3.8, 4) is 5.75 Å². The van der Waals surface area contributed by atoms with Crippen LogP contribution in [0.1, 0.15) is 15.9 Å². The molecule has 0 radical (unpaired) electrons. The minimum absolute atomic E-state index is 0.0232.